The first-order valence-corrected chi connectivity index (χ1v) is 11.0. The van der Waals surface area contributed by atoms with E-state index in [2.05, 4.69) is 10.1 Å². The predicted molar refractivity (Wildman–Crippen MR) is 121 cm³/mol. The molecule has 0 aliphatic rings. The normalized spacial score (nSPS) is 11.9. The molecule has 0 spiro atoms. The second-order valence-corrected chi connectivity index (χ2v) is 8.42. The van der Waals surface area contributed by atoms with E-state index in [0.717, 1.165) is 31.5 Å². The number of urea groups is 1. The van der Waals surface area contributed by atoms with Gasteiger partial charge in [0.2, 0.25) is 0 Å². The number of hydrogen-bond acceptors (Lipinski definition) is 6. The van der Waals surface area contributed by atoms with Crippen LogP contribution in [0.1, 0.15) is 36.9 Å². The standard InChI is InChI=1S/C22H13F8N5O3S/c1-35(19(38)33-17(36)11-5-6-13(23)14(24)8-11)20-32-16(22(28,29)30)15(39-20)18(37)34-31-9-10-3-2-4-12(7-10)21(25,26)27/h2-9H,1H3,(H,34,37)(H,33,36,38)/b31-9+. The van der Waals surface area contributed by atoms with Crippen molar-refractivity contribution in [3.8, 4) is 0 Å². The third kappa shape index (κ3) is 7.13. The zero-order valence-electron chi connectivity index (χ0n) is 19.1. The van der Waals surface area contributed by atoms with E-state index in [9.17, 15) is 49.5 Å². The van der Waals surface area contributed by atoms with Crippen LogP contribution in [0.3, 0.4) is 0 Å². The average Bonchev–Trinajstić information content (AvgIpc) is 3.31. The molecule has 206 valence electrons. The number of hydrogen-bond donors (Lipinski definition) is 2. The molecule has 0 saturated carbocycles. The monoisotopic (exact) mass is 579 g/mol. The lowest BCUT2D eigenvalue weighted by molar-refractivity contribution is -0.141. The first kappa shape index (κ1) is 29.2. The number of aromatic nitrogens is 1. The summed E-state index contributed by atoms with van der Waals surface area (Å²) in [7, 11) is 0.917. The van der Waals surface area contributed by atoms with Crippen molar-refractivity contribution >= 4 is 40.5 Å². The van der Waals surface area contributed by atoms with Crippen molar-refractivity contribution < 1.29 is 49.5 Å². The summed E-state index contributed by atoms with van der Waals surface area (Å²) in [6.07, 6.45) is -9.07. The Kier molecular flexibility index (Phi) is 8.33. The van der Waals surface area contributed by atoms with Crippen molar-refractivity contribution in [2.24, 2.45) is 5.10 Å². The van der Waals surface area contributed by atoms with Gasteiger partial charge in [0.25, 0.3) is 11.8 Å². The summed E-state index contributed by atoms with van der Waals surface area (Å²) in [6, 6.07) is 4.38. The minimum atomic E-state index is -5.18. The maximum atomic E-state index is 13.5. The summed E-state index contributed by atoms with van der Waals surface area (Å²) in [5, 5.41) is 4.42. The molecule has 1 aromatic heterocycles. The predicted octanol–water partition coefficient (Wildman–Crippen LogP) is 5.21. The summed E-state index contributed by atoms with van der Waals surface area (Å²) < 4.78 is 105. The van der Waals surface area contributed by atoms with Gasteiger partial charge in [-0.3, -0.25) is 19.8 Å². The molecule has 3 rings (SSSR count). The summed E-state index contributed by atoms with van der Waals surface area (Å²) in [5.74, 6) is -5.30. The molecule has 0 saturated heterocycles. The molecule has 0 aliphatic carbocycles. The maximum absolute atomic E-state index is 13.5. The van der Waals surface area contributed by atoms with Crippen LogP contribution in [0.4, 0.5) is 45.0 Å². The van der Waals surface area contributed by atoms with Gasteiger partial charge >= 0.3 is 18.4 Å². The largest absolute Gasteiger partial charge is 0.435 e. The van der Waals surface area contributed by atoms with Crippen LogP contribution in [0.5, 0.6) is 0 Å². The Labute approximate surface area is 216 Å². The van der Waals surface area contributed by atoms with Crippen LogP contribution in [-0.2, 0) is 12.4 Å². The van der Waals surface area contributed by atoms with E-state index in [1.54, 1.807) is 10.7 Å². The summed E-state index contributed by atoms with van der Waals surface area (Å²) >= 11 is 0.0887. The zero-order chi connectivity index (χ0) is 29.1. The van der Waals surface area contributed by atoms with Crippen LogP contribution in [-0.4, -0.2) is 36.1 Å². The van der Waals surface area contributed by atoms with Crippen LogP contribution < -0.4 is 15.6 Å². The second-order valence-electron chi connectivity index (χ2n) is 7.44. The Morgan fingerprint density at radius 2 is 1.64 bits per heavy atom. The number of nitrogens with zero attached hydrogens (tertiary/aromatic N) is 3. The second kappa shape index (κ2) is 11.1. The van der Waals surface area contributed by atoms with Crippen LogP contribution in [0.25, 0.3) is 0 Å². The van der Waals surface area contributed by atoms with Crippen molar-refractivity contribution in [1.29, 1.82) is 0 Å². The van der Waals surface area contributed by atoms with E-state index in [1.165, 1.54) is 6.07 Å². The first-order valence-electron chi connectivity index (χ1n) is 10.2. The van der Waals surface area contributed by atoms with Gasteiger partial charge in [-0.05, 0) is 35.9 Å². The number of rotatable bonds is 5. The molecule has 3 aromatic rings. The first-order chi connectivity index (χ1) is 18.1. The van der Waals surface area contributed by atoms with E-state index < -0.39 is 68.7 Å². The Bertz CT molecular complexity index is 1450. The molecule has 8 nitrogen and oxygen atoms in total. The number of amides is 4. The fourth-order valence-corrected chi connectivity index (χ4v) is 3.72. The third-order valence-electron chi connectivity index (χ3n) is 4.68. The number of carbonyl (C=O) groups excluding carboxylic acids is 3. The third-order valence-corrected chi connectivity index (χ3v) is 5.81. The lowest BCUT2D eigenvalue weighted by Crippen LogP contribution is -2.40. The van der Waals surface area contributed by atoms with Gasteiger partial charge in [-0.1, -0.05) is 23.5 Å². The number of thiazole rings is 1. The van der Waals surface area contributed by atoms with Gasteiger partial charge in [-0.15, -0.1) is 0 Å². The summed E-state index contributed by atoms with van der Waals surface area (Å²) in [6.45, 7) is 0. The van der Waals surface area contributed by atoms with Crippen LogP contribution >= 0.6 is 11.3 Å². The minimum Gasteiger partial charge on any atom is -0.273 e. The quantitative estimate of drug-likeness (QED) is 0.246. The number of halogens is 8. The van der Waals surface area contributed by atoms with Gasteiger partial charge in [0.15, 0.2) is 22.5 Å². The van der Waals surface area contributed by atoms with E-state index >= 15 is 0 Å². The molecule has 1 heterocycles. The molecule has 2 N–H and O–H groups in total. The molecule has 17 heteroatoms. The maximum Gasteiger partial charge on any atom is 0.435 e. The van der Waals surface area contributed by atoms with Crippen molar-refractivity contribution in [3.63, 3.8) is 0 Å². The topological polar surface area (TPSA) is 104 Å². The van der Waals surface area contributed by atoms with E-state index in [-0.39, 0.29) is 16.9 Å². The number of hydrazone groups is 1. The van der Waals surface area contributed by atoms with Gasteiger partial charge in [0, 0.05) is 12.6 Å². The van der Waals surface area contributed by atoms with Crippen LogP contribution in [0.2, 0.25) is 0 Å². The molecule has 2 aromatic carbocycles. The molecular formula is C22H13F8N5O3S. The fraction of sp³-hybridized carbons (Fsp3) is 0.136. The van der Waals surface area contributed by atoms with E-state index in [4.69, 9.17) is 0 Å². The highest BCUT2D eigenvalue weighted by atomic mass is 32.1. The number of benzene rings is 2. The van der Waals surface area contributed by atoms with Crippen molar-refractivity contribution in [1.82, 2.24) is 15.7 Å². The number of carbonyl (C=O) groups is 3. The number of imide groups is 1. The minimum absolute atomic E-state index is 0.0887. The molecule has 0 fully saturated rings. The Morgan fingerprint density at radius 3 is 2.26 bits per heavy atom. The Hall–Kier alpha value is -4.41. The SMILES string of the molecule is CN(C(=O)NC(=O)c1ccc(F)c(F)c1)c1nc(C(F)(F)F)c(C(=O)N/N=C/c2cccc(C(F)(F)F)c2)s1. The molecule has 4 amide bonds. The lowest BCUT2D eigenvalue weighted by atomic mass is 10.1. The number of nitrogens with one attached hydrogen (secondary N) is 2. The van der Waals surface area contributed by atoms with Crippen molar-refractivity contribution in [2.75, 3.05) is 11.9 Å². The zero-order valence-corrected chi connectivity index (χ0v) is 19.9. The van der Waals surface area contributed by atoms with Crippen LogP contribution in [0, 0.1) is 11.6 Å². The highest BCUT2D eigenvalue weighted by molar-refractivity contribution is 7.17. The fourth-order valence-electron chi connectivity index (χ4n) is 2.79. The van der Waals surface area contributed by atoms with Gasteiger partial charge in [0.1, 0.15) is 4.88 Å². The molecule has 39 heavy (non-hydrogen) atoms. The van der Waals surface area contributed by atoms with Gasteiger partial charge < -0.3 is 0 Å². The van der Waals surface area contributed by atoms with Crippen LogP contribution in [0.15, 0.2) is 47.6 Å². The Balaban J connectivity index is 1.78. The van der Waals surface area contributed by atoms with E-state index in [0.29, 0.717) is 23.1 Å². The van der Waals surface area contributed by atoms with Crippen molar-refractivity contribution in [2.45, 2.75) is 12.4 Å². The smallest absolute Gasteiger partial charge is 0.273 e. The molecule has 0 unspecified atom stereocenters. The molecule has 0 aliphatic heterocycles. The lowest BCUT2D eigenvalue weighted by Gasteiger charge is -2.14. The highest BCUT2D eigenvalue weighted by Crippen LogP contribution is 2.37. The molecular weight excluding hydrogens is 566 g/mol. The summed E-state index contributed by atoms with van der Waals surface area (Å²) in [5.41, 5.74) is -1.57. The van der Waals surface area contributed by atoms with Gasteiger partial charge in [0.05, 0.1) is 11.8 Å². The average molecular weight is 579 g/mol. The van der Waals surface area contributed by atoms with Crippen molar-refractivity contribution in [3.05, 3.63) is 81.4 Å². The molecule has 0 atom stereocenters. The number of anilines is 1. The van der Waals surface area contributed by atoms with E-state index in [1.807, 2.05) is 0 Å². The Morgan fingerprint density at radius 1 is 0.949 bits per heavy atom. The van der Waals surface area contributed by atoms with Gasteiger partial charge in [-0.2, -0.15) is 31.4 Å². The van der Waals surface area contributed by atoms with Gasteiger partial charge in [-0.25, -0.2) is 24.0 Å². The highest BCUT2D eigenvalue weighted by Gasteiger charge is 2.40. The molecule has 0 radical (unpaired) electrons. The number of alkyl halides is 6. The summed E-state index contributed by atoms with van der Waals surface area (Å²) in [4.78, 5) is 39.5. The molecule has 0 bridgehead atoms.